The Morgan fingerprint density at radius 2 is 2.12 bits per heavy atom. The summed E-state index contributed by atoms with van der Waals surface area (Å²) >= 11 is 0. The smallest absolute Gasteiger partial charge is 0.0576 e. The molecule has 0 aromatic carbocycles. The lowest BCUT2D eigenvalue weighted by Gasteiger charge is -2.34. The van der Waals surface area contributed by atoms with Crippen molar-refractivity contribution in [3.8, 4) is 0 Å². The summed E-state index contributed by atoms with van der Waals surface area (Å²) in [5, 5.41) is 3.66. The molecule has 0 amide bonds. The highest BCUT2D eigenvalue weighted by Gasteiger charge is 2.26. The summed E-state index contributed by atoms with van der Waals surface area (Å²) in [5.41, 5.74) is 0.409. The van der Waals surface area contributed by atoms with Crippen LogP contribution in [0.1, 0.15) is 66.2 Å². The summed E-state index contributed by atoms with van der Waals surface area (Å²) in [5.74, 6) is 0. The standard InChI is InChI=1S/C15H31NO/c1-5-15(3,4)14(16-6-2)11-7-9-13-10-8-12-17-13/h13-14,16H,5-12H2,1-4H3. The normalized spacial score (nSPS) is 22.9. The molecule has 2 heteroatoms. The van der Waals surface area contributed by atoms with Crippen molar-refractivity contribution < 1.29 is 4.74 Å². The highest BCUT2D eigenvalue weighted by molar-refractivity contribution is 4.83. The molecular formula is C15H31NO. The Morgan fingerprint density at radius 1 is 1.35 bits per heavy atom. The Labute approximate surface area is 108 Å². The molecule has 2 unspecified atom stereocenters. The minimum Gasteiger partial charge on any atom is -0.378 e. The minimum atomic E-state index is 0.409. The van der Waals surface area contributed by atoms with Gasteiger partial charge in [-0.2, -0.15) is 0 Å². The van der Waals surface area contributed by atoms with Crippen molar-refractivity contribution in [1.29, 1.82) is 0 Å². The summed E-state index contributed by atoms with van der Waals surface area (Å²) in [6.45, 7) is 11.3. The first-order valence-corrected chi connectivity index (χ1v) is 7.45. The van der Waals surface area contributed by atoms with Crippen LogP contribution in [0.15, 0.2) is 0 Å². The summed E-state index contributed by atoms with van der Waals surface area (Å²) < 4.78 is 5.69. The molecule has 1 saturated heterocycles. The van der Waals surface area contributed by atoms with Gasteiger partial charge in [0.15, 0.2) is 0 Å². The third-order valence-corrected chi connectivity index (χ3v) is 4.35. The maximum Gasteiger partial charge on any atom is 0.0576 e. The first-order chi connectivity index (χ1) is 8.10. The second-order valence-electron chi connectivity index (χ2n) is 6.02. The third kappa shape index (κ3) is 4.97. The first kappa shape index (κ1) is 15.0. The molecule has 1 fully saturated rings. The van der Waals surface area contributed by atoms with Gasteiger partial charge in [0.05, 0.1) is 6.10 Å². The van der Waals surface area contributed by atoms with Crippen LogP contribution in [0.3, 0.4) is 0 Å². The Balaban J connectivity index is 2.28. The molecule has 2 atom stereocenters. The van der Waals surface area contributed by atoms with Crippen molar-refractivity contribution in [2.45, 2.75) is 78.4 Å². The molecule has 0 bridgehead atoms. The summed E-state index contributed by atoms with van der Waals surface area (Å²) in [7, 11) is 0. The van der Waals surface area contributed by atoms with Crippen molar-refractivity contribution in [3.63, 3.8) is 0 Å². The maximum atomic E-state index is 5.69. The first-order valence-electron chi connectivity index (χ1n) is 7.45. The molecule has 1 rings (SSSR count). The molecule has 0 saturated carbocycles. The fourth-order valence-corrected chi connectivity index (χ4v) is 2.68. The Bertz CT molecular complexity index is 197. The van der Waals surface area contributed by atoms with E-state index in [2.05, 4.69) is 33.0 Å². The van der Waals surface area contributed by atoms with Gasteiger partial charge in [-0.25, -0.2) is 0 Å². The van der Waals surface area contributed by atoms with Crippen LogP contribution in [-0.2, 0) is 4.74 Å². The van der Waals surface area contributed by atoms with Gasteiger partial charge < -0.3 is 10.1 Å². The van der Waals surface area contributed by atoms with Gasteiger partial charge in [0.25, 0.3) is 0 Å². The van der Waals surface area contributed by atoms with Crippen LogP contribution in [0.25, 0.3) is 0 Å². The summed E-state index contributed by atoms with van der Waals surface area (Å²) in [4.78, 5) is 0. The van der Waals surface area contributed by atoms with Crippen molar-refractivity contribution in [2.75, 3.05) is 13.2 Å². The number of hydrogen-bond acceptors (Lipinski definition) is 2. The second kappa shape index (κ2) is 7.38. The van der Waals surface area contributed by atoms with Crippen LogP contribution in [0.2, 0.25) is 0 Å². The van der Waals surface area contributed by atoms with Gasteiger partial charge in [0.2, 0.25) is 0 Å². The van der Waals surface area contributed by atoms with Crippen LogP contribution in [0, 0.1) is 5.41 Å². The largest absolute Gasteiger partial charge is 0.378 e. The summed E-state index contributed by atoms with van der Waals surface area (Å²) in [6, 6.07) is 0.652. The van der Waals surface area contributed by atoms with Gasteiger partial charge in [0, 0.05) is 12.6 Å². The van der Waals surface area contributed by atoms with Gasteiger partial charge in [-0.15, -0.1) is 0 Å². The number of hydrogen-bond donors (Lipinski definition) is 1. The lowest BCUT2D eigenvalue weighted by molar-refractivity contribution is 0.0987. The Hall–Kier alpha value is -0.0800. The third-order valence-electron chi connectivity index (χ3n) is 4.35. The zero-order valence-corrected chi connectivity index (χ0v) is 12.2. The molecule has 0 aromatic rings. The van der Waals surface area contributed by atoms with E-state index in [-0.39, 0.29) is 0 Å². The number of nitrogens with one attached hydrogen (secondary N) is 1. The van der Waals surface area contributed by atoms with Gasteiger partial charge in [-0.05, 0) is 50.5 Å². The van der Waals surface area contributed by atoms with Crippen molar-refractivity contribution in [3.05, 3.63) is 0 Å². The maximum absolute atomic E-state index is 5.69. The molecule has 1 aliphatic heterocycles. The molecule has 0 aromatic heterocycles. The van der Waals surface area contributed by atoms with Crippen molar-refractivity contribution in [1.82, 2.24) is 5.32 Å². The van der Waals surface area contributed by atoms with E-state index in [1.54, 1.807) is 0 Å². The predicted octanol–water partition coefficient (Wildman–Crippen LogP) is 3.75. The fraction of sp³-hybridized carbons (Fsp3) is 1.00. The van der Waals surface area contributed by atoms with E-state index in [9.17, 15) is 0 Å². The highest BCUT2D eigenvalue weighted by Crippen LogP contribution is 2.29. The van der Waals surface area contributed by atoms with Crippen molar-refractivity contribution in [2.24, 2.45) is 5.41 Å². The number of ether oxygens (including phenoxy) is 1. The molecule has 1 heterocycles. The molecular weight excluding hydrogens is 210 g/mol. The molecule has 0 radical (unpaired) electrons. The monoisotopic (exact) mass is 241 g/mol. The Kier molecular flexibility index (Phi) is 6.50. The fourth-order valence-electron chi connectivity index (χ4n) is 2.68. The van der Waals surface area contributed by atoms with E-state index in [1.807, 2.05) is 0 Å². The molecule has 0 aliphatic carbocycles. The van der Waals surface area contributed by atoms with Crippen LogP contribution >= 0.6 is 0 Å². The zero-order valence-electron chi connectivity index (χ0n) is 12.2. The number of rotatable bonds is 8. The molecule has 1 N–H and O–H groups in total. The van der Waals surface area contributed by atoms with Crippen LogP contribution < -0.4 is 5.32 Å². The quantitative estimate of drug-likeness (QED) is 0.699. The average Bonchev–Trinajstić information content (AvgIpc) is 2.81. The average molecular weight is 241 g/mol. The van der Waals surface area contributed by atoms with Crippen LogP contribution in [-0.4, -0.2) is 25.3 Å². The molecule has 17 heavy (non-hydrogen) atoms. The topological polar surface area (TPSA) is 21.3 Å². The van der Waals surface area contributed by atoms with Gasteiger partial charge in [-0.1, -0.05) is 27.7 Å². The highest BCUT2D eigenvalue weighted by atomic mass is 16.5. The zero-order chi connectivity index (χ0) is 12.7. The second-order valence-corrected chi connectivity index (χ2v) is 6.02. The Morgan fingerprint density at radius 3 is 2.65 bits per heavy atom. The SMILES string of the molecule is CCNC(CCCC1CCCO1)C(C)(C)CC. The van der Waals surface area contributed by atoms with Crippen LogP contribution in [0.5, 0.6) is 0 Å². The van der Waals surface area contributed by atoms with Gasteiger partial charge in [-0.3, -0.25) is 0 Å². The van der Waals surface area contributed by atoms with E-state index in [1.165, 1.54) is 38.5 Å². The predicted molar refractivity (Wildman–Crippen MR) is 74.4 cm³/mol. The van der Waals surface area contributed by atoms with E-state index in [0.29, 0.717) is 17.6 Å². The van der Waals surface area contributed by atoms with Crippen molar-refractivity contribution >= 4 is 0 Å². The summed E-state index contributed by atoms with van der Waals surface area (Å²) in [6.07, 6.45) is 8.18. The minimum absolute atomic E-state index is 0.409. The van der Waals surface area contributed by atoms with Gasteiger partial charge in [0.1, 0.15) is 0 Å². The molecule has 102 valence electrons. The van der Waals surface area contributed by atoms with Gasteiger partial charge >= 0.3 is 0 Å². The lowest BCUT2D eigenvalue weighted by atomic mass is 9.79. The van der Waals surface area contributed by atoms with E-state index < -0.39 is 0 Å². The van der Waals surface area contributed by atoms with Crippen LogP contribution in [0.4, 0.5) is 0 Å². The van der Waals surface area contributed by atoms with E-state index >= 15 is 0 Å². The van der Waals surface area contributed by atoms with E-state index in [0.717, 1.165) is 13.2 Å². The molecule has 2 nitrogen and oxygen atoms in total. The molecule has 1 aliphatic rings. The lowest BCUT2D eigenvalue weighted by Crippen LogP contribution is -2.41. The van der Waals surface area contributed by atoms with E-state index in [4.69, 9.17) is 4.74 Å². The molecule has 0 spiro atoms.